The molecule has 0 aliphatic heterocycles. The second kappa shape index (κ2) is 7.85. The Morgan fingerprint density at radius 2 is 1.93 bits per heavy atom. The summed E-state index contributed by atoms with van der Waals surface area (Å²) in [5.74, 6) is 0. The van der Waals surface area contributed by atoms with Gasteiger partial charge in [-0.1, -0.05) is 34.1 Å². The Morgan fingerprint density at radius 1 is 1.13 bits per heavy atom. The molecule has 0 radical (unpaired) electrons. The number of hydrogen-bond donors (Lipinski definition) is 2. The van der Waals surface area contributed by atoms with Crippen molar-refractivity contribution in [1.29, 1.82) is 0 Å². The van der Waals surface area contributed by atoms with Crippen LogP contribution >= 0.6 is 15.9 Å². The van der Waals surface area contributed by atoms with E-state index in [0.717, 1.165) is 32.4 Å². The lowest BCUT2D eigenvalue weighted by molar-refractivity contribution is 0.284. The molecular weight excluding hydrogens is 254 g/mol. The third kappa shape index (κ3) is 5.30. The van der Waals surface area contributed by atoms with E-state index in [9.17, 15) is 0 Å². The lowest BCUT2D eigenvalue weighted by Gasteiger charge is -2.05. The fourth-order valence-electron chi connectivity index (χ4n) is 1.41. The molecular formula is C12H18BrNO. The normalized spacial score (nSPS) is 10.5. The highest BCUT2D eigenvalue weighted by Crippen LogP contribution is 2.15. The molecule has 1 aromatic rings. The number of aliphatic hydroxyl groups excluding tert-OH is 1. The van der Waals surface area contributed by atoms with E-state index in [1.54, 1.807) is 0 Å². The molecule has 0 unspecified atom stereocenters. The highest BCUT2D eigenvalue weighted by Gasteiger charge is 1.97. The maximum absolute atomic E-state index is 8.60. The van der Waals surface area contributed by atoms with Gasteiger partial charge in [0.15, 0.2) is 0 Å². The van der Waals surface area contributed by atoms with Crippen molar-refractivity contribution in [2.75, 3.05) is 19.7 Å². The molecule has 3 heteroatoms. The summed E-state index contributed by atoms with van der Waals surface area (Å²) < 4.78 is 1.18. The van der Waals surface area contributed by atoms with Gasteiger partial charge < -0.3 is 10.4 Å². The molecule has 0 bridgehead atoms. The first-order valence-corrected chi connectivity index (χ1v) is 6.19. The van der Waals surface area contributed by atoms with Crippen LogP contribution in [0, 0.1) is 0 Å². The van der Waals surface area contributed by atoms with Gasteiger partial charge in [-0.25, -0.2) is 0 Å². The van der Waals surface area contributed by atoms with Crippen molar-refractivity contribution in [3.8, 4) is 0 Å². The van der Waals surface area contributed by atoms with E-state index in [0.29, 0.717) is 6.61 Å². The smallest absolute Gasteiger partial charge is 0.0431 e. The van der Waals surface area contributed by atoms with Gasteiger partial charge in [0, 0.05) is 11.1 Å². The Bertz CT molecular complexity index is 278. The second-order valence-corrected chi connectivity index (χ2v) is 4.38. The van der Waals surface area contributed by atoms with Gasteiger partial charge in [-0.15, -0.1) is 0 Å². The Kier molecular flexibility index (Phi) is 6.64. The Labute approximate surface area is 99.8 Å². The zero-order valence-corrected chi connectivity index (χ0v) is 10.5. The number of rotatable bonds is 7. The van der Waals surface area contributed by atoms with Crippen LogP contribution in [0.3, 0.4) is 0 Å². The van der Waals surface area contributed by atoms with E-state index in [1.807, 2.05) is 6.07 Å². The van der Waals surface area contributed by atoms with E-state index in [4.69, 9.17) is 5.11 Å². The van der Waals surface area contributed by atoms with Crippen LogP contribution in [0.15, 0.2) is 28.7 Å². The van der Waals surface area contributed by atoms with Crippen molar-refractivity contribution in [3.63, 3.8) is 0 Å². The summed E-state index contributed by atoms with van der Waals surface area (Å²) in [5, 5.41) is 12.0. The fraction of sp³-hybridized carbons (Fsp3) is 0.500. The molecule has 1 rings (SSSR count). The third-order valence-electron chi connectivity index (χ3n) is 2.29. The summed E-state index contributed by atoms with van der Waals surface area (Å²) in [6.45, 7) is 2.28. The molecule has 0 aliphatic carbocycles. The summed E-state index contributed by atoms with van der Waals surface area (Å²) in [6.07, 6.45) is 2.98. The number of unbranched alkanes of at least 4 members (excludes halogenated alkanes) is 1. The van der Waals surface area contributed by atoms with Gasteiger partial charge in [-0.3, -0.25) is 0 Å². The number of aliphatic hydroxyl groups is 1. The van der Waals surface area contributed by atoms with Gasteiger partial charge in [0.2, 0.25) is 0 Å². The molecule has 0 spiro atoms. The molecule has 0 heterocycles. The van der Waals surface area contributed by atoms with Crippen molar-refractivity contribution in [3.05, 3.63) is 34.3 Å². The monoisotopic (exact) mass is 271 g/mol. The first-order valence-electron chi connectivity index (χ1n) is 5.39. The third-order valence-corrected chi connectivity index (χ3v) is 3.06. The number of nitrogens with one attached hydrogen (secondary N) is 1. The standard InChI is InChI=1S/C12H18BrNO/c13-12-6-2-1-5-11(12)7-9-14-8-3-4-10-15/h1-2,5-6,14-15H,3-4,7-10H2. The van der Waals surface area contributed by atoms with E-state index in [-0.39, 0.29) is 0 Å². The van der Waals surface area contributed by atoms with Gasteiger partial charge in [0.25, 0.3) is 0 Å². The van der Waals surface area contributed by atoms with Gasteiger partial charge in [0.05, 0.1) is 0 Å². The van der Waals surface area contributed by atoms with Crippen LogP contribution in [0.5, 0.6) is 0 Å². The van der Waals surface area contributed by atoms with Gasteiger partial charge in [-0.2, -0.15) is 0 Å². The predicted octanol–water partition coefficient (Wildman–Crippen LogP) is 2.35. The number of halogens is 1. The van der Waals surface area contributed by atoms with E-state index in [1.165, 1.54) is 10.0 Å². The molecule has 2 nitrogen and oxygen atoms in total. The zero-order chi connectivity index (χ0) is 10.9. The topological polar surface area (TPSA) is 32.3 Å². The molecule has 2 N–H and O–H groups in total. The average molecular weight is 272 g/mol. The predicted molar refractivity (Wildman–Crippen MR) is 67.0 cm³/mol. The molecule has 0 amide bonds. The molecule has 0 fully saturated rings. The summed E-state index contributed by atoms with van der Waals surface area (Å²) in [6, 6.07) is 8.30. The Morgan fingerprint density at radius 3 is 2.67 bits per heavy atom. The van der Waals surface area contributed by atoms with E-state index < -0.39 is 0 Å². The summed E-state index contributed by atoms with van der Waals surface area (Å²) in [5.41, 5.74) is 1.34. The van der Waals surface area contributed by atoms with Gasteiger partial charge in [-0.05, 0) is 44.0 Å². The zero-order valence-electron chi connectivity index (χ0n) is 8.88. The van der Waals surface area contributed by atoms with Crippen molar-refractivity contribution >= 4 is 15.9 Å². The largest absolute Gasteiger partial charge is 0.396 e. The summed E-state index contributed by atoms with van der Waals surface area (Å²) >= 11 is 3.53. The van der Waals surface area contributed by atoms with Crippen molar-refractivity contribution in [2.24, 2.45) is 0 Å². The van der Waals surface area contributed by atoms with Crippen LogP contribution in [0.25, 0.3) is 0 Å². The van der Waals surface area contributed by atoms with E-state index in [2.05, 4.69) is 39.4 Å². The summed E-state index contributed by atoms with van der Waals surface area (Å²) in [4.78, 5) is 0. The lowest BCUT2D eigenvalue weighted by Crippen LogP contribution is -2.18. The Hall–Kier alpha value is -0.380. The summed E-state index contributed by atoms with van der Waals surface area (Å²) in [7, 11) is 0. The van der Waals surface area contributed by atoms with E-state index >= 15 is 0 Å². The minimum absolute atomic E-state index is 0.298. The molecule has 15 heavy (non-hydrogen) atoms. The van der Waals surface area contributed by atoms with Crippen LogP contribution in [-0.4, -0.2) is 24.8 Å². The maximum Gasteiger partial charge on any atom is 0.0431 e. The van der Waals surface area contributed by atoms with Crippen molar-refractivity contribution < 1.29 is 5.11 Å². The molecule has 0 saturated carbocycles. The minimum Gasteiger partial charge on any atom is -0.396 e. The second-order valence-electron chi connectivity index (χ2n) is 3.52. The first-order chi connectivity index (χ1) is 7.34. The molecule has 0 saturated heterocycles. The fourth-order valence-corrected chi connectivity index (χ4v) is 1.89. The van der Waals surface area contributed by atoms with Gasteiger partial charge >= 0.3 is 0 Å². The SMILES string of the molecule is OCCCCNCCc1ccccc1Br. The van der Waals surface area contributed by atoms with Crippen LogP contribution in [0.2, 0.25) is 0 Å². The van der Waals surface area contributed by atoms with Gasteiger partial charge in [0.1, 0.15) is 0 Å². The molecule has 0 atom stereocenters. The molecule has 0 aromatic heterocycles. The molecule has 0 aliphatic rings. The number of hydrogen-bond acceptors (Lipinski definition) is 2. The van der Waals surface area contributed by atoms with Crippen LogP contribution in [-0.2, 0) is 6.42 Å². The lowest BCUT2D eigenvalue weighted by atomic mass is 10.1. The van der Waals surface area contributed by atoms with Crippen LogP contribution in [0.1, 0.15) is 18.4 Å². The molecule has 84 valence electrons. The van der Waals surface area contributed by atoms with Crippen molar-refractivity contribution in [1.82, 2.24) is 5.32 Å². The number of benzene rings is 1. The Balaban J connectivity index is 2.12. The minimum atomic E-state index is 0.298. The highest BCUT2D eigenvalue weighted by molar-refractivity contribution is 9.10. The molecule has 1 aromatic carbocycles. The maximum atomic E-state index is 8.60. The van der Waals surface area contributed by atoms with Crippen LogP contribution in [0.4, 0.5) is 0 Å². The average Bonchev–Trinajstić information content (AvgIpc) is 2.25. The highest BCUT2D eigenvalue weighted by atomic mass is 79.9. The first kappa shape index (κ1) is 12.7. The quantitative estimate of drug-likeness (QED) is 0.747. The van der Waals surface area contributed by atoms with Crippen LogP contribution < -0.4 is 5.32 Å². The van der Waals surface area contributed by atoms with Crippen molar-refractivity contribution in [2.45, 2.75) is 19.3 Å².